The van der Waals surface area contributed by atoms with Crippen molar-refractivity contribution in [3.63, 3.8) is 0 Å². The minimum atomic E-state index is -0.114. The van der Waals surface area contributed by atoms with Gasteiger partial charge < -0.3 is 19.4 Å². The quantitative estimate of drug-likeness (QED) is 0.313. The van der Waals surface area contributed by atoms with Crippen molar-refractivity contribution in [3.8, 4) is 0 Å². The Morgan fingerprint density at radius 2 is 2.20 bits per heavy atom. The minimum Gasteiger partial charge on any atom is -0.466 e. The lowest BCUT2D eigenvalue weighted by atomic mass is 9.98. The monoisotopic (exact) mass is 464 g/mol. The van der Waals surface area contributed by atoms with E-state index >= 15 is 0 Å². The molecule has 0 bridgehead atoms. The van der Waals surface area contributed by atoms with Crippen molar-refractivity contribution in [2.24, 2.45) is 10.9 Å². The van der Waals surface area contributed by atoms with E-state index in [0.717, 1.165) is 43.3 Å². The van der Waals surface area contributed by atoms with Gasteiger partial charge in [0.25, 0.3) is 0 Å². The molecule has 1 unspecified atom stereocenters. The van der Waals surface area contributed by atoms with Crippen LogP contribution in [0.3, 0.4) is 0 Å². The van der Waals surface area contributed by atoms with Crippen molar-refractivity contribution in [2.45, 2.75) is 47.1 Å². The molecule has 1 aromatic heterocycles. The van der Waals surface area contributed by atoms with E-state index in [1.807, 2.05) is 27.7 Å². The molecule has 1 aliphatic rings. The SMILES string of the molecule is CCNC(=NCc1nc(C)c(C)o1)N1CCCC(C(=O)OCC)C1.I. The zero-order valence-electron chi connectivity index (χ0n) is 15.5. The molecule has 0 spiro atoms. The molecule has 0 aliphatic carbocycles. The molecule has 2 rings (SSSR count). The van der Waals surface area contributed by atoms with Crippen LogP contribution in [0.1, 0.15) is 44.0 Å². The average Bonchev–Trinajstić information content (AvgIpc) is 2.90. The van der Waals surface area contributed by atoms with Gasteiger partial charge >= 0.3 is 5.97 Å². The molecule has 2 heterocycles. The molecule has 1 aliphatic heterocycles. The number of oxazole rings is 1. The summed E-state index contributed by atoms with van der Waals surface area (Å²) in [4.78, 5) is 23.1. The van der Waals surface area contributed by atoms with E-state index in [0.29, 0.717) is 25.6 Å². The van der Waals surface area contributed by atoms with E-state index in [2.05, 4.69) is 20.2 Å². The van der Waals surface area contributed by atoms with Crippen molar-refractivity contribution >= 4 is 35.9 Å². The number of guanidine groups is 1. The number of hydrogen-bond acceptors (Lipinski definition) is 5. The maximum atomic E-state index is 12.0. The van der Waals surface area contributed by atoms with Crippen LogP contribution < -0.4 is 5.32 Å². The van der Waals surface area contributed by atoms with Gasteiger partial charge in [0, 0.05) is 19.6 Å². The molecular formula is C17H29IN4O3. The first-order chi connectivity index (χ1) is 11.5. The highest BCUT2D eigenvalue weighted by Gasteiger charge is 2.28. The summed E-state index contributed by atoms with van der Waals surface area (Å²) in [5.74, 6) is 2.02. The molecule has 0 radical (unpaired) electrons. The van der Waals surface area contributed by atoms with Gasteiger partial charge in [-0.2, -0.15) is 0 Å². The zero-order valence-corrected chi connectivity index (χ0v) is 17.8. The largest absolute Gasteiger partial charge is 0.466 e. The first-order valence-electron chi connectivity index (χ1n) is 8.67. The number of esters is 1. The summed E-state index contributed by atoms with van der Waals surface area (Å²) in [7, 11) is 0. The number of nitrogens with one attached hydrogen (secondary N) is 1. The maximum Gasteiger partial charge on any atom is 0.310 e. The highest BCUT2D eigenvalue weighted by molar-refractivity contribution is 14.0. The van der Waals surface area contributed by atoms with Gasteiger partial charge in [-0.15, -0.1) is 24.0 Å². The van der Waals surface area contributed by atoms with Crippen LogP contribution in [-0.4, -0.2) is 48.1 Å². The zero-order chi connectivity index (χ0) is 17.5. The first-order valence-corrected chi connectivity index (χ1v) is 8.67. The van der Waals surface area contributed by atoms with Crippen molar-refractivity contribution in [1.29, 1.82) is 0 Å². The number of aromatic nitrogens is 1. The Morgan fingerprint density at radius 3 is 2.80 bits per heavy atom. The van der Waals surface area contributed by atoms with Gasteiger partial charge in [0.1, 0.15) is 12.3 Å². The number of piperidine rings is 1. The Balaban J connectivity index is 0.00000312. The Kier molecular flexibility index (Phi) is 9.23. The number of aryl methyl sites for hydroxylation is 2. The molecule has 0 aromatic carbocycles. The van der Waals surface area contributed by atoms with Crippen LogP contribution >= 0.6 is 24.0 Å². The van der Waals surface area contributed by atoms with Crippen LogP contribution in [0.2, 0.25) is 0 Å². The normalized spacial score (nSPS) is 17.8. The third-order valence-corrected chi connectivity index (χ3v) is 4.11. The van der Waals surface area contributed by atoms with Gasteiger partial charge in [-0.1, -0.05) is 0 Å². The number of likely N-dealkylation sites (tertiary alicyclic amines) is 1. The number of rotatable bonds is 5. The smallest absolute Gasteiger partial charge is 0.310 e. The van der Waals surface area contributed by atoms with Crippen LogP contribution in [0, 0.1) is 19.8 Å². The van der Waals surface area contributed by atoms with Crippen molar-refractivity contribution in [1.82, 2.24) is 15.2 Å². The van der Waals surface area contributed by atoms with Gasteiger partial charge in [0.15, 0.2) is 5.96 Å². The van der Waals surface area contributed by atoms with Crippen LogP contribution in [-0.2, 0) is 16.1 Å². The number of aliphatic imine (C=N–C) groups is 1. The summed E-state index contributed by atoms with van der Waals surface area (Å²) < 4.78 is 10.7. The fraction of sp³-hybridized carbons (Fsp3) is 0.706. The highest BCUT2D eigenvalue weighted by atomic mass is 127. The molecule has 1 fully saturated rings. The summed E-state index contributed by atoms with van der Waals surface area (Å²) in [6, 6.07) is 0. The molecule has 7 nitrogen and oxygen atoms in total. The molecule has 142 valence electrons. The lowest BCUT2D eigenvalue weighted by Crippen LogP contribution is -2.48. The fourth-order valence-electron chi connectivity index (χ4n) is 2.80. The van der Waals surface area contributed by atoms with E-state index in [-0.39, 0.29) is 35.9 Å². The van der Waals surface area contributed by atoms with E-state index in [4.69, 9.17) is 9.15 Å². The topological polar surface area (TPSA) is 80.0 Å². The Bertz CT molecular complexity index is 569. The van der Waals surface area contributed by atoms with Crippen LogP contribution in [0.5, 0.6) is 0 Å². The Morgan fingerprint density at radius 1 is 1.44 bits per heavy atom. The molecular weight excluding hydrogens is 435 g/mol. The minimum absolute atomic E-state index is 0. The predicted octanol–water partition coefficient (Wildman–Crippen LogP) is 2.65. The fourth-order valence-corrected chi connectivity index (χ4v) is 2.80. The third kappa shape index (κ3) is 6.16. The number of nitrogens with zero attached hydrogens (tertiary/aromatic N) is 3. The van der Waals surface area contributed by atoms with Gasteiger partial charge in [0.05, 0.1) is 18.2 Å². The van der Waals surface area contributed by atoms with E-state index in [1.165, 1.54) is 0 Å². The number of ether oxygens (including phenoxy) is 1. The second-order valence-corrected chi connectivity index (χ2v) is 5.96. The van der Waals surface area contributed by atoms with Crippen molar-refractivity contribution in [3.05, 3.63) is 17.3 Å². The summed E-state index contributed by atoms with van der Waals surface area (Å²) in [5.41, 5.74) is 0.894. The Hall–Kier alpha value is -1.32. The highest BCUT2D eigenvalue weighted by Crippen LogP contribution is 2.18. The molecule has 1 atom stereocenters. The summed E-state index contributed by atoms with van der Waals surface area (Å²) in [5, 5.41) is 3.29. The first kappa shape index (κ1) is 21.7. The maximum absolute atomic E-state index is 12.0. The van der Waals surface area contributed by atoms with Gasteiger partial charge in [-0.25, -0.2) is 9.98 Å². The summed E-state index contributed by atoms with van der Waals surface area (Å²) in [6.07, 6.45) is 1.82. The summed E-state index contributed by atoms with van der Waals surface area (Å²) in [6.45, 7) is 10.8. The van der Waals surface area contributed by atoms with E-state index in [9.17, 15) is 4.79 Å². The standard InChI is InChI=1S/C17H28N4O3.HI/c1-5-18-17(19-10-15-20-12(3)13(4)24-15)21-9-7-8-14(11-21)16(22)23-6-2;/h14H,5-11H2,1-4H3,(H,18,19);1H. The van der Waals surface area contributed by atoms with Gasteiger partial charge in [0.2, 0.25) is 5.89 Å². The molecule has 0 saturated carbocycles. The number of halogens is 1. The Labute approximate surface area is 166 Å². The molecule has 25 heavy (non-hydrogen) atoms. The third-order valence-electron chi connectivity index (χ3n) is 4.11. The molecule has 1 saturated heterocycles. The lowest BCUT2D eigenvalue weighted by molar-refractivity contribution is -0.149. The number of carbonyl (C=O) groups excluding carboxylic acids is 1. The van der Waals surface area contributed by atoms with Crippen molar-refractivity contribution < 1.29 is 13.9 Å². The molecule has 1 N–H and O–H groups in total. The predicted molar refractivity (Wildman–Crippen MR) is 107 cm³/mol. The number of carbonyl (C=O) groups is 1. The van der Waals surface area contributed by atoms with E-state index < -0.39 is 0 Å². The molecule has 0 amide bonds. The number of hydrogen-bond donors (Lipinski definition) is 1. The van der Waals surface area contributed by atoms with Gasteiger partial charge in [-0.3, -0.25) is 4.79 Å². The van der Waals surface area contributed by atoms with Crippen molar-refractivity contribution in [2.75, 3.05) is 26.2 Å². The second kappa shape index (κ2) is 10.6. The second-order valence-electron chi connectivity index (χ2n) is 5.96. The summed E-state index contributed by atoms with van der Waals surface area (Å²) >= 11 is 0. The molecule has 1 aromatic rings. The van der Waals surface area contributed by atoms with Crippen LogP contribution in [0.15, 0.2) is 9.41 Å². The molecule has 8 heteroatoms. The average molecular weight is 464 g/mol. The van der Waals surface area contributed by atoms with Gasteiger partial charge in [-0.05, 0) is 40.5 Å². The van der Waals surface area contributed by atoms with E-state index in [1.54, 1.807) is 0 Å². The van der Waals surface area contributed by atoms with Crippen LogP contribution in [0.4, 0.5) is 0 Å². The lowest BCUT2D eigenvalue weighted by Gasteiger charge is -2.33. The van der Waals surface area contributed by atoms with Crippen LogP contribution in [0.25, 0.3) is 0 Å².